The third-order valence-corrected chi connectivity index (χ3v) is 4.90. The molecule has 2 saturated heterocycles. The summed E-state index contributed by atoms with van der Waals surface area (Å²) in [5, 5.41) is 0. The number of benzene rings is 1. The van der Waals surface area contributed by atoms with Gasteiger partial charge >= 0.3 is 0 Å². The Hall–Kier alpha value is -1.99. The van der Waals surface area contributed by atoms with Crippen LogP contribution in [0.25, 0.3) is 0 Å². The maximum Gasteiger partial charge on any atom is 0.232 e. The molecule has 0 aliphatic carbocycles. The second-order valence-electron chi connectivity index (χ2n) is 6.57. The van der Waals surface area contributed by atoms with Crippen LogP contribution in [0.2, 0.25) is 0 Å². The molecule has 0 unspecified atom stereocenters. The number of nitrogens with zero attached hydrogens (tertiary/aromatic N) is 3. The maximum atomic E-state index is 13.0. The maximum absolute atomic E-state index is 13.0. The number of carbonyl (C=O) groups excluding carboxylic acids is 2. The molecule has 0 N–H and O–H groups in total. The van der Waals surface area contributed by atoms with E-state index in [1.54, 1.807) is 24.1 Å². The summed E-state index contributed by atoms with van der Waals surface area (Å²) in [7, 11) is 1.66. The fourth-order valence-corrected chi connectivity index (χ4v) is 3.31. The molecule has 0 spiro atoms. The van der Waals surface area contributed by atoms with Crippen LogP contribution >= 0.6 is 0 Å². The van der Waals surface area contributed by atoms with Crippen LogP contribution in [0.1, 0.15) is 6.42 Å². The molecule has 136 valence electrons. The lowest BCUT2D eigenvalue weighted by molar-refractivity contribution is -0.128. The molecule has 0 bridgehead atoms. The average Bonchev–Trinajstić information content (AvgIpc) is 3.01. The summed E-state index contributed by atoms with van der Waals surface area (Å²) in [5.74, 6) is -0.755. The molecule has 6 nitrogen and oxygen atoms in total. The molecule has 7 heteroatoms. The highest BCUT2D eigenvalue weighted by Gasteiger charge is 2.36. The van der Waals surface area contributed by atoms with Gasteiger partial charge in [0.25, 0.3) is 0 Å². The zero-order valence-electron chi connectivity index (χ0n) is 14.5. The molecular weight excluding hydrogens is 325 g/mol. The zero-order chi connectivity index (χ0) is 17.8. The van der Waals surface area contributed by atoms with Crippen molar-refractivity contribution >= 4 is 17.5 Å². The number of likely N-dealkylation sites (tertiary alicyclic amines) is 1. The Morgan fingerprint density at radius 1 is 1.24 bits per heavy atom. The van der Waals surface area contributed by atoms with Gasteiger partial charge in [-0.25, -0.2) is 4.39 Å². The van der Waals surface area contributed by atoms with Gasteiger partial charge in [0.1, 0.15) is 5.82 Å². The highest BCUT2D eigenvalue weighted by Crippen LogP contribution is 2.23. The van der Waals surface area contributed by atoms with E-state index < -0.39 is 0 Å². The van der Waals surface area contributed by atoms with Crippen LogP contribution in [-0.4, -0.2) is 74.6 Å². The number of amides is 2. The van der Waals surface area contributed by atoms with E-state index in [1.165, 1.54) is 17.0 Å². The SMILES string of the molecule is CN(C(=O)[C@@H]1CC(=O)N(CCN2CCOCC2)C1)c1ccc(F)cc1. The van der Waals surface area contributed by atoms with Gasteiger partial charge in [-0.05, 0) is 24.3 Å². The Labute approximate surface area is 147 Å². The number of hydrogen-bond donors (Lipinski definition) is 0. The molecule has 0 radical (unpaired) electrons. The van der Waals surface area contributed by atoms with Crippen molar-refractivity contribution in [1.29, 1.82) is 0 Å². The van der Waals surface area contributed by atoms with E-state index in [9.17, 15) is 14.0 Å². The summed E-state index contributed by atoms with van der Waals surface area (Å²) < 4.78 is 18.3. The van der Waals surface area contributed by atoms with Crippen LogP contribution in [0, 0.1) is 11.7 Å². The smallest absolute Gasteiger partial charge is 0.232 e. The van der Waals surface area contributed by atoms with Gasteiger partial charge in [0.2, 0.25) is 11.8 Å². The van der Waals surface area contributed by atoms with Gasteiger partial charge in [-0.15, -0.1) is 0 Å². The topological polar surface area (TPSA) is 53.1 Å². The molecular formula is C18H24FN3O3. The standard InChI is InChI=1S/C18H24FN3O3/c1-20(16-4-2-15(19)3-5-16)18(24)14-12-17(23)22(13-14)7-6-21-8-10-25-11-9-21/h2-5,14H,6-13H2,1H3/t14-/m1/s1. The monoisotopic (exact) mass is 349 g/mol. The minimum atomic E-state index is -0.341. The van der Waals surface area contributed by atoms with E-state index in [2.05, 4.69) is 4.90 Å². The number of rotatable bonds is 5. The summed E-state index contributed by atoms with van der Waals surface area (Å²) in [5.41, 5.74) is 0.630. The molecule has 0 saturated carbocycles. The third kappa shape index (κ3) is 4.35. The molecule has 2 fully saturated rings. The van der Waals surface area contributed by atoms with Crippen LogP contribution in [0.15, 0.2) is 24.3 Å². The summed E-state index contributed by atoms with van der Waals surface area (Å²) in [6.45, 7) is 5.14. The van der Waals surface area contributed by atoms with Gasteiger partial charge < -0.3 is 14.5 Å². The first-order chi connectivity index (χ1) is 12.0. The Morgan fingerprint density at radius 3 is 2.60 bits per heavy atom. The van der Waals surface area contributed by atoms with Gasteiger partial charge in [0.05, 0.1) is 19.1 Å². The van der Waals surface area contributed by atoms with Crippen molar-refractivity contribution in [3.8, 4) is 0 Å². The highest BCUT2D eigenvalue weighted by molar-refractivity contribution is 5.98. The number of anilines is 1. The van der Waals surface area contributed by atoms with E-state index in [-0.39, 0.29) is 30.0 Å². The van der Waals surface area contributed by atoms with E-state index in [0.717, 1.165) is 32.8 Å². The predicted octanol–water partition coefficient (Wildman–Crippen LogP) is 0.969. The van der Waals surface area contributed by atoms with Gasteiger partial charge in [-0.2, -0.15) is 0 Å². The van der Waals surface area contributed by atoms with E-state index in [4.69, 9.17) is 4.74 Å². The fraction of sp³-hybridized carbons (Fsp3) is 0.556. The van der Waals surface area contributed by atoms with Gasteiger partial charge in [0.15, 0.2) is 0 Å². The van der Waals surface area contributed by atoms with Crippen molar-refractivity contribution in [1.82, 2.24) is 9.80 Å². The average molecular weight is 349 g/mol. The Balaban J connectivity index is 1.53. The molecule has 2 aliphatic rings. The van der Waals surface area contributed by atoms with Crippen LogP contribution in [0.3, 0.4) is 0 Å². The normalized spacial score (nSPS) is 21.6. The Morgan fingerprint density at radius 2 is 1.92 bits per heavy atom. The number of carbonyl (C=O) groups is 2. The van der Waals surface area contributed by atoms with Crippen molar-refractivity contribution < 1.29 is 18.7 Å². The second kappa shape index (κ2) is 7.93. The molecule has 2 heterocycles. The van der Waals surface area contributed by atoms with E-state index in [1.807, 2.05) is 0 Å². The highest BCUT2D eigenvalue weighted by atomic mass is 19.1. The minimum absolute atomic E-state index is 0.0270. The minimum Gasteiger partial charge on any atom is -0.379 e. The second-order valence-corrected chi connectivity index (χ2v) is 6.57. The molecule has 1 aromatic carbocycles. The largest absolute Gasteiger partial charge is 0.379 e. The van der Waals surface area contributed by atoms with Crippen molar-refractivity contribution in [3.63, 3.8) is 0 Å². The molecule has 1 atom stereocenters. The predicted molar refractivity (Wildman–Crippen MR) is 91.8 cm³/mol. The Bertz CT molecular complexity index is 616. The van der Waals surface area contributed by atoms with Crippen molar-refractivity contribution in [3.05, 3.63) is 30.1 Å². The number of halogens is 1. The van der Waals surface area contributed by atoms with Crippen molar-refractivity contribution in [2.75, 3.05) is 57.9 Å². The quantitative estimate of drug-likeness (QED) is 0.795. The van der Waals surface area contributed by atoms with Gasteiger partial charge in [-0.1, -0.05) is 0 Å². The van der Waals surface area contributed by atoms with Crippen LogP contribution in [-0.2, 0) is 14.3 Å². The number of ether oxygens (including phenoxy) is 1. The van der Waals surface area contributed by atoms with Crippen LogP contribution in [0.5, 0.6) is 0 Å². The molecule has 2 aliphatic heterocycles. The number of hydrogen-bond acceptors (Lipinski definition) is 4. The molecule has 0 aromatic heterocycles. The van der Waals surface area contributed by atoms with Gasteiger partial charge in [-0.3, -0.25) is 14.5 Å². The molecule has 2 amide bonds. The lowest BCUT2D eigenvalue weighted by Gasteiger charge is -2.28. The summed E-state index contributed by atoms with van der Waals surface area (Å²) in [4.78, 5) is 30.4. The van der Waals surface area contributed by atoms with E-state index >= 15 is 0 Å². The lowest BCUT2D eigenvalue weighted by Crippen LogP contribution is -2.42. The van der Waals surface area contributed by atoms with Crippen LogP contribution < -0.4 is 4.90 Å². The summed E-state index contributed by atoms with van der Waals surface area (Å²) in [6, 6.07) is 5.79. The summed E-state index contributed by atoms with van der Waals surface area (Å²) in [6.07, 6.45) is 0.244. The van der Waals surface area contributed by atoms with Crippen molar-refractivity contribution in [2.45, 2.75) is 6.42 Å². The lowest BCUT2D eigenvalue weighted by atomic mass is 10.1. The molecule has 3 rings (SSSR count). The third-order valence-electron chi connectivity index (χ3n) is 4.90. The first-order valence-corrected chi connectivity index (χ1v) is 8.65. The molecule has 1 aromatic rings. The number of morpholine rings is 1. The molecule has 25 heavy (non-hydrogen) atoms. The summed E-state index contributed by atoms with van der Waals surface area (Å²) >= 11 is 0. The van der Waals surface area contributed by atoms with Crippen molar-refractivity contribution in [2.24, 2.45) is 5.92 Å². The van der Waals surface area contributed by atoms with Crippen LogP contribution in [0.4, 0.5) is 10.1 Å². The zero-order valence-corrected chi connectivity index (χ0v) is 14.5. The fourth-order valence-electron chi connectivity index (χ4n) is 3.31. The van der Waals surface area contributed by atoms with Gasteiger partial charge in [0, 0.05) is 51.9 Å². The first-order valence-electron chi connectivity index (χ1n) is 8.65. The Kier molecular flexibility index (Phi) is 5.65. The van der Waals surface area contributed by atoms with E-state index in [0.29, 0.717) is 18.8 Å². The first kappa shape index (κ1) is 17.8.